The van der Waals surface area contributed by atoms with Gasteiger partial charge in [-0.05, 0) is 62.4 Å². The van der Waals surface area contributed by atoms with E-state index in [1.54, 1.807) is 12.3 Å². The zero-order valence-corrected chi connectivity index (χ0v) is 14.8. The second kappa shape index (κ2) is 7.80. The molecule has 0 aliphatic carbocycles. The van der Waals surface area contributed by atoms with E-state index in [1.807, 2.05) is 12.1 Å². The third-order valence-electron chi connectivity index (χ3n) is 5.04. The molecule has 1 saturated heterocycles. The molecule has 2 atom stereocenters. The summed E-state index contributed by atoms with van der Waals surface area (Å²) in [7, 11) is 0. The van der Waals surface area contributed by atoms with Gasteiger partial charge in [0.2, 0.25) is 0 Å². The molecule has 2 unspecified atom stereocenters. The number of rotatable bonds is 5. The number of nitrogen functional groups attached to an aromatic ring is 1. The van der Waals surface area contributed by atoms with Crippen molar-refractivity contribution < 1.29 is 0 Å². The summed E-state index contributed by atoms with van der Waals surface area (Å²) in [5, 5.41) is 0. The number of nitrogens with two attached hydrogens (primary N) is 2. The molecule has 2 heterocycles. The van der Waals surface area contributed by atoms with Crippen LogP contribution in [0.25, 0.3) is 5.69 Å². The molecule has 1 fully saturated rings. The molecule has 134 valence electrons. The van der Waals surface area contributed by atoms with Crippen molar-refractivity contribution in [1.82, 2.24) is 14.5 Å². The van der Waals surface area contributed by atoms with Crippen LogP contribution in [0.2, 0.25) is 0 Å². The molecule has 0 bridgehead atoms. The normalized spacial score (nSPS) is 19.7. The molecule has 0 amide bonds. The van der Waals surface area contributed by atoms with Crippen LogP contribution in [-0.4, -0.2) is 40.1 Å². The molecule has 0 saturated carbocycles. The maximum atomic E-state index is 11.9. The van der Waals surface area contributed by atoms with Gasteiger partial charge in [-0.25, -0.2) is 4.79 Å². The number of anilines is 1. The van der Waals surface area contributed by atoms with Crippen LogP contribution in [0.4, 0.5) is 5.82 Å². The van der Waals surface area contributed by atoms with Gasteiger partial charge >= 0.3 is 5.69 Å². The Hall–Kier alpha value is -2.18. The van der Waals surface area contributed by atoms with Gasteiger partial charge in [0.25, 0.3) is 0 Å². The lowest BCUT2D eigenvalue weighted by Crippen LogP contribution is -2.43. The molecule has 2 aromatic rings. The third-order valence-corrected chi connectivity index (χ3v) is 5.04. The smallest absolute Gasteiger partial charge is 0.354 e. The molecule has 25 heavy (non-hydrogen) atoms. The van der Waals surface area contributed by atoms with Crippen LogP contribution >= 0.6 is 0 Å². The van der Waals surface area contributed by atoms with E-state index in [1.165, 1.54) is 23.0 Å². The van der Waals surface area contributed by atoms with Gasteiger partial charge in [0.1, 0.15) is 5.82 Å². The number of benzene rings is 1. The predicted octanol–water partition coefficient (Wildman–Crippen LogP) is 1.42. The summed E-state index contributed by atoms with van der Waals surface area (Å²) in [6.45, 7) is 5.42. The molecular weight excluding hydrogens is 314 g/mol. The summed E-state index contributed by atoms with van der Waals surface area (Å²) in [6, 6.07) is 9.95. The number of hydrogen-bond donors (Lipinski definition) is 2. The highest BCUT2D eigenvalue weighted by Crippen LogP contribution is 2.19. The van der Waals surface area contributed by atoms with E-state index in [9.17, 15) is 4.79 Å². The van der Waals surface area contributed by atoms with Crippen LogP contribution in [0.3, 0.4) is 0 Å². The summed E-state index contributed by atoms with van der Waals surface area (Å²) < 4.78 is 1.50. The first kappa shape index (κ1) is 17.6. The van der Waals surface area contributed by atoms with E-state index in [0.29, 0.717) is 5.92 Å². The Balaban J connectivity index is 1.60. The molecule has 1 aromatic heterocycles. The first-order valence-electron chi connectivity index (χ1n) is 8.95. The van der Waals surface area contributed by atoms with Crippen LogP contribution in [-0.2, 0) is 6.42 Å². The number of hydrogen-bond acceptors (Lipinski definition) is 5. The third kappa shape index (κ3) is 4.46. The Kier molecular flexibility index (Phi) is 5.50. The quantitative estimate of drug-likeness (QED) is 0.858. The lowest BCUT2D eigenvalue weighted by atomic mass is 9.92. The zero-order chi connectivity index (χ0) is 17.8. The van der Waals surface area contributed by atoms with Gasteiger partial charge in [-0.2, -0.15) is 4.98 Å². The molecule has 4 N–H and O–H groups in total. The minimum Gasteiger partial charge on any atom is -0.383 e. The number of likely N-dealkylation sites (tertiary alicyclic amines) is 1. The maximum Gasteiger partial charge on any atom is 0.354 e. The summed E-state index contributed by atoms with van der Waals surface area (Å²) in [4.78, 5) is 18.2. The Morgan fingerprint density at radius 2 is 2.04 bits per heavy atom. The monoisotopic (exact) mass is 341 g/mol. The fraction of sp³-hybridized carbons (Fsp3) is 0.474. The standard InChI is InChI=1S/C19H27N5O/c1-14(20)16-3-2-10-23(13-16)11-8-15-4-6-17(7-5-15)24-12-9-18(21)22-19(24)25/h4-7,9,12,14,16H,2-3,8,10-11,13,20H2,1H3,(H2,21,22,25). The number of aromatic nitrogens is 2. The van der Waals surface area contributed by atoms with Gasteiger partial charge in [-0.15, -0.1) is 0 Å². The summed E-state index contributed by atoms with van der Waals surface area (Å²) in [5.74, 6) is 0.852. The highest BCUT2D eigenvalue weighted by atomic mass is 16.1. The SMILES string of the molecule is CC(N)C1CCCN(CCc2ccc(-n3ccc(N)nc3=O)cc2)C1. The maximum absolute atomic E-state index is 11.9. The minimum atomic E-state index is -0.358. The lowest BCUT2D eigenvalue weighted by molar-refractivity contribution is 0.163. The Morgan fingerprint density at radius 1 is 1.28 bits per heavy atom. The van der Waals surface area contributed by atoms with Gasteiger partial charge in [0, 0.05) is 25.3 Å². The average molecular weight is 341 g/mol. The molecule has 1 aromatic carbocycles. The molecule has 1 aliphatic rings. The fourth-order valence-electron chi connectivity index (χ4n) is 3.45. The molecule has 0 spiro atoms. The van der Waals surface area contributed by atoms with Gasteiger partial charge in [0.15, 0.2) is 0 Å². The van der Waals surface area contributed by atoms with Gasteiger partial charge in [0.05, 0.1) is 5.69 Å². The predicted molar refractivity (Wildman–Crippen MR) is 101 cm³/mol. The van der Waals surface area contributed by atoms with Crippen molar-refractivity contribution in [2.45, 2.75) is 32.2 Å². The van der Waals surface area contributed by atoms with Crippen molar-refractivity contribution in [2.24, 2.45) is 11.7 Å². The van der Waals surface area contributed by atoms with Crippen LogP contribution in [0, 0.1) is 5.92 Å². The summed E-state index contributed by atoms with van der Waals surface area (Å²) in [5.41, 5.74) is 13.3. The van der Waals surface area contributed by atoms with Crippen molar-refractivity contribution in [1.29, 1.82) is 0 Å². The molecule has 6 heteroatoms. The zero-order valence-electron chi connectivity index (χ0n) is 14.8. The van der Waals surface area contributed by atoms with E-state index in [4.69, 9.17) is 11.5 Å². The highest BCUT2D eigenvalue weighted by molar-refractivity contribution is 5.36. The topological polar surface area (TPSA) is 90.2 Å². The van der Waals surface area contributed by atoms with Crippen molar-refractivity contribution >= 4 is 5.82 Å². The molecule has 1 aliphatic heterocycles. The van der Waals surface area contributed by atoms with E-state index < -0.39 is 0 Å². The second-order valence-corrected chi connectivity index (χ2v) is 6.98. The average Bonchev–Trinajstić information content (AvgIpc) is 2.61. The summed E-state index contributed by atoms with van der Waals surface area (Å²) >= 11 is 0. The van der Waals surface area contributed by atoms with Crippen LogP contribution in [0.5, 0.6) is 0 Å². The summed E-state index contributed by atoms with van der Waals surface area (Å²) in [6.07, 6.45) is 5.13. The largest absolute Gasteiger partial charge is 0.383 e. The van der Waals surface area contributed by atoms with Crippen molar-refractivity contribution in [2.75, 3.05) is 25.4 Å². The number of nitrogens with zero attached hydrogens (tertiary/aromatic N) is 3. The molecule has 3 rings (SSSR count). The van der Waals surface area contributed by atoms with E-state index in [-0.39, 0.29) is 17.5 Å². The van der Waals surface area contributed by atoms with Gasteiger partial charge in [-0.1, -0.05) is 12.1 Å². The number of piperidine rings is 1. The van der Waals surface area contributed by atoms with E-state index >= 15 is 0 Å². The van der Waals surface area contributed by atoms with Crippen molar-refractivity contribution in [3.8, 4) is 5.69 Å². The first-order chi connectivity index (χ1) is 12.0. The molecule has 0 radical (unpaired) electrons. The Morgan fingerprint density at radius 3 is 2.72 bits per heavy atom. The lowest BCUT2D eigenvalue weighted by Gasteiger charge is -2.34. The van der Waals surface area contributed by atoms with Crippen molar-refractivity contribution in [3.05, 3.63) is 52.6 Å². The van der Waals surface area contributed by atoms with Gasteiger partial charge < -0.3 is 16.4 Å². The molecular formula is C19H27N5O. The van der Waals surface area contributed by atoms with Crippen LogP contribution in [0.15, 0.2) is 41.3 Å². The minimum absolute atomic E-state index is 0.240. The van der Waals surface area contributed by atoms with Crippen LogP contribution < -0.4 is 17.2 Å². The highest BCUT2D eigenvalue weighted by Gasteiger charge is 2.22. The Bertz CT molecular complexity index is 753. The second-order valence-electron chi connectivity index (χ2n) is 6.98. The molecule has 6 nitrogen and oxygen atoms in total. The fourth-order valence-corrected chi connectivity index (χ4v) is 3.45. The Labute approximate surface area is 148 Å². The van der Waals surface area contributed by atoms with E-state index in [2.05, 4.69) is 28.9 Å². The van der Waals surface area contributed by atoms with Crippen molar-refractivity contribution in [3.63, 3.8) is 0 Å². The van der Waals surface area contributed by atoms with Crippen LogP contribution in [0.1, 0.15) is 25.3 Å². The first-order valence-corrected chi connectivity index (χ1v) is 8.95. The van der Waals surface area contributed by atoms with Gasteiger partial charge in [-0.3, -0.25) is 4.57 Å². The van der Waals surface area contributed by atoms with E-state index in [0.717, 1.165) is 31.7 Å².